The van der Waals surface area contributed by atoms with Gasteiger partial charge in [-0.25, -0.2) is 0 Å². The second kappa shape index (κ2) is 5.61. The quantitative estimate of drug-likeness (QED) is 0.696. The molecule has 0 aromatic rings. The molecule has 0 bridgehead atoms. The van der Waals surface area contributed by atoms with E-state index in [4.69, 9.17) is 0 Å². The van der Waals surface area contributed by atoms with Crippen LogP contribution in [0.1, 0.15) is 40.0 Å². The Bertz CT molecular complexity index is 118. The highest BCUT2D eigenvalue weighted by Crippen LogP contribution is 2.24. The summed E-state index contributed by atoms with van der Waals surface area (Å²) in [4.78, 5) is 0. The van der Waals surface area contributed by atoms with Gasteiger partial charge in [-0.1, -0.05) is 27.2 Å². The van der Waals surface area contributed by atoms with Crippen molar-refractivity contribution in [2.75, 3.05) is 13.1 Å². The summed E-state index contributed by atoms with van der Waals surface area (Å²) in [5.41, 5.74) is 0. The number of rotatable bonds is 4. The molecule has 0 aromatic carbocycles. The van der Waals surface area contributed by atoms with Gasteiger partial charge in [0.25, 0.3) is 0 Å². The Kier molecular flexibility index (Phi) is 4.74. The van der Waals surface area contributed by atoms with E-state index in [1.165, 1.54) is 19.3 Å². The Morgan fingerprint density at radius 3 is 1.85 bits per heavy atom. The Hall–Kier alpha value is -0.0800. The van der Waals surface area contributed by atoms with Gasteiger partial charge in [0.1, 0.15) is 0 Å². The van der Waals surface area contributed by atoms with E-state index >= 15 is 0 Å². The molecule has 0 heterocycles. The average Bonchev–Trinajstić information content (AvgIpc) is 2.13. The third-order valence-corrected chi connectivity index (χ3v) is 3.23. The fourth-order valence-electron chi connectivity index (χ4n) is 2.46. The van der Waals surface area contributed by atoms with Crippen molar-refractivity contribution in [3.63, 3.8) is 0 Å². The Morgan fingerprint density at radius 2 is 1.46 bits per heavy atom. The monoisotopic (exact) mass is 184 g/mol. The smallest absolute Gasteiger partial charge is 0.0107 e. The van der Waals surface area contributed by atoms with Crippen LogP contribution < -0.4 is 10.6 Å². The summed E-state index contributed by atoms with van der Waals surface area (Å²) in [5.74, 6) is 0.786. The van der Waals surface area contributed by atoms with Gasteiger partial charge in [-0.2, -0.15) is 0 Å². The van der Waals surface area contributed by atoms with Gasteiger partial charge >= 0.3 is 0 Å². The Balaban J connectivity index is 2.40. The van der Waals surface area contributed by atoms with Gasteiger partial charge in [0.2, 0.25) is 0 Å². The first-order chi connectivity index (χ1) is 6.29. The predicted molar refractivity (Wildman–Crippen MR) is 57.9 cm³/mol. The molecule has 1 rings (SSSR count). The zero-order valence-electron chi connectivity index (χ0n) is 9.27. The number of hydrogen-bond acceptors (Lipinski definition) is 2. The maximum atomic E-state index is 3.58. The Morgan fingerprint density at radius 1 is 1.00 bits per heavy atom. The first kappa shape index (κ1) is 11.0. The molecule has 1 aliphatic carbocycles. The van der Waals surface area contributed by atoms with Crippen molar-refractivity contribution < 1.29 is 0 Å². The predicted octanol–water partition coefficient (Wildman–Crippen LogP) is 1.76. The maximum Gasteiger partial charge on any atom is 0.0107 e. The van der Waals surface area contributed by atoms with Gasteiger partial charge in [-0.3, -0.25) is 0 Å². The van der Waals surface area contributed by atoms with Crippen LogP contribution in [-0.4, -0.2) is 25.2 Å². The fraction of sp³-hybridized carbons (Fsp3) is 1.00. The molecular weight excluding hydrogens is 160 g/mol. The maximum absolute atomic E-state index is 3.58. The van der Waals surface area contributed by atoms with E-state index < -0.39 is 0 Å². The van der Waals surface area contributed by atoms with Gasteiger partial charge in [0.05, 0.1) is 0 Å². The SMILES string of the molecule is CCNC1CCCC(NCC)C1C. The molecule has 0 radical (unpaired) electrons. The van der Waals surface area contributed by atoms with Crippen LogP contribution in [-0.2, 0) is 0 Å². The summed E-state index contributed by atoms with van der Waals surface area (Å²) >= 11 is 0. The zero-order chi connectivity index (χ0) is 9.68. The van der Waals surface area contributed by atoms with Crippen LogP contribution >= 0.6 is 0 Å². The molecule has 2 heteroatoms. The first-order valence-corrected chi connectivity index (χ1v) is 5.76. The molecule has 0 spiro atoms. The minimum absolute atomic E-state index is 0.739. The van der Waals surface area contributed by atoms with E-state index in [9.17, 15) is 0 Å². The zero-order valence-corrected chi connectivity index (χ0v) is 9.27. The van der Waals surface area contributed by atoms with Crippen molar-refractivity contribution in [2.24, 2.45) is 5.92 Å². The molecule has 78 valence electrons. The fourth-order valence-corrected chi connectivity index (χ4v) is 2.46. The summed E-state index contributed by atoms with van der Waals surface area (Å²) in [6, 6.07) is 1.48. The molecule has 1 saturated carbocycles. The largest absolute Gasteiger partial charge is 0.314 e. The number of hydrogen-bond donors (Lipinski definition) is 2. The lowest BCUT2D eigenvalue weighted by atomic mass is 9.81. The van der Waals surface area contributed by atoms with Crippen molar-refractivity contribution in [3.05, 3.63) is 0 Å². The van der Waals surface area contributed by atoms with Crippen LogP contribution in [0.3, 0.4) is 0 Å². The van der Waals surface area contributed by atoms with E-state index in [0.717, 1.165) is 31.1 Å². The third kappa shape index (κ3) is 2.96. The van der Waals surface area contributed by atoms with Crippen LogP contribution in [0.5, 0.6) is 0 Å². The van der Waals surface area contributed by atoms with E-state index in [-0.39, 0.29) is 0 Å². The molecule has 2 nitrogen and oxygen atoms in total. The van der Waals surface area contributed by atoms with Crippen molar-refractivity contribution in [2.45, 2.75) is 52.1 Å². The van der Waals surface area contributed by atoms with Gasteiger partial charge in [-0.05, 0) is 31.8 Å². The van der Waals surface area contributed by atoms with Crippen LogP contribution in [0.15, 0.2) is 0 Å². The van der Waals surface area contributed by atoms with Gasteiger partial charge < -0.3 is 10.6 Å². The van der Waals surface area contributed by atoms with Crippen LogP contribution in [0.2, 0.25) is 0 Å². The van der Waals surface area contributed by atoms with Gasteiger partial charge in [0.15, 0.2) is 0 Å². The lowest BCUT2D eigenvalue weighted by Crippen LogP contribution is -2.49. The summed E-state index contributed by atoms with van der Waals surface area (Å²) in [6.45, 7) is 8.98. The third-order valence-electron chi connectivity index (χ3n) is 3.23. The molecule has 0 aromatic heterocycles. The lowest BCUT2D eigenvalue weighted by Gasteiger charge is -2.36. The molecule has 2 unspecified atom stereocenters. The van der Waals surface area contributed by atoms with E-state index in [0.29, 0.717) is 0 Å². The average molecular weight is 184 g/mol. The van der Waals surface area contributed by atoms with Crippen LogP contribution in [0.4, 0.5) is 0 Å². The standard InChI is InChI=1S/C11H24N2/c1-4-12-10-7-6-8-11(9(10)3)13-5-2/h9-13H,4-8H2,1-3H3. The second-order valence-corrected chi connectivity index (χ2v) is 4.12. The van der Waals surface area contributed by atoms with Crippen molar-refractivity contribution in [3.8, 4) is 0 Å². The highest BCUT2D eigenvalue weighted by molar-refractivity contribution is 4.87. The summed E-state index contributed by atoms with van der Waals surface area (Å²) in [7, 11) is 0. The van der Waals surface area contributed by atoms with Crippen LogP contribution in [0.25, 0.3) is 0 Å². The molecule has 0 saturated heterocycles. The molecule has 13 heavy (non-hydrogen) atoms. The van der Waals surface area contributed by atoms with E-state index in [1.54, 1.807) is 0 Å². The second-order valence-electron chi connectivity index (χ2n) is 4.12. The van der Waals surface area contributed by atoms with Crippen molar-refractivity contribution in [1.82, 2.24) is 10.6 Å². The lowest BCUT2D eigenvalue weighted by molar-refractivity contribution is 0.220. The van der Waals surface area contributed by atoms with Crippen molar-refractivity contribution in [1.29, 1.82) is 0 Å². The van der Waals surface area contributed by atoms with Crippen molar-refractivity contribution >= 4 is 0 Å². The van der Waals surface area contributed by atoms with Gasteiger partial charge in [0, 0.05) is 12.1 Å². The summed E-state index contributed by atoms with van der Waals surface area (Å²) < 4.78 is 0. The molecule has 1 aliphatic rings. The molecule has 0 amide bonds. The molecule has 2 N–H and O–H groups in total. The highest BCUT2D eigenvalue weighted by Gasteiger charge is 2.28. The minimum atomic E-state index is 0.739. The Labute approximate surface area is 82.5 Å². The van der Waals surface area contributed by atoms with E-state index in [2.05, 4.69) is 31.4 Å². The normalized spacial score (nSPS) is 34.8. The van der Waals surface area contributed by atoms with Crippen LogP contribution in [0, 0.1) is 5.92 Å². The van der Waals surface area contributed by atoms with Gasteiger partial charge in [-0.15, -0.1) is 0 Å². The van der Waals surface area contributed by atoms with E-state index in [1.807, 2.05) is 0 Å². The molecular formula is C11H24N2. The summed E-state index contributed by atoms with van der Waals surface area (Å²) in [5, 5.41) is 7.17. The minimum Gasteiger partial charge on any atom is -0.314 e. The molecule has 1 fully saturated rings. The topological polar surface area (TPSA) is 24.1 Å². The summed E-state index contributed by atoms with van der Waals surface area (Å²) in [6.07, 6.45) is 4.09. The first-order valence-electron chi connectivity index (χ1n) is 5.76. The molecule has 2 atom stereocenters. The number of nitrogens with one attached hydrogen (secondary N) is 2. The highest BCUT2D eigenvalue weighted by atomic mass is 15.0. The molecule has 0 aliphatic heterocycles.